The van der Waals surface area contributed by atoms with Crippen LogP contribution in [0.25, 0.3) is 6.08 Å². The van der Waals surface area contributed by atoms with Gasteiger partial charge >= 0.3 is 5.69 Å². The first-order valence-electron chi connectivity index (χ1n) is 11.0. The van der Waals surface area contributed by atoms with Crippen molar-refractivity contribution in [3.8, 4) is 11.5 Å². The number of ether oxygens (including phenoxy) is 2. The molecule has 10 heteroatoms. The molecule has 1 heterocycles. The number of hydrogen-bond donors (Lipinski definition) is 1. The Hall–Kier alpha value is -4.31. The van der Waals surface area contributed by atoms with E-state index >= 15 is 0 Å². The topological polar surface area (TPSA) is 93.9 Å². The highest BCUT2D eigenvalue weighted by atomic mass is 32.1. The van der Waals surface area contributed by atoms with Crippen molar-refractivity contribution in [2.24, 2.45) is 0 Å². The molecule has 36 heavy (non-hydrogen) atoms. The molecule has 1 fully saturated rings. The Labute approximate surface area is 212 Å². The third kappa shape index (κ3) is 5.03. The van der Waals surface area contributed by atoms with E-state index in [1.807, 2.05) is 31.2 Å². The van der Waals surface area contributed by atoms with Gasteiger partial charge in [-0.05, 0) is 60.1 Å². The lowest BCUT2D eigenvalue weighted by molar-refractivity contribution is -0.386. The molecule has 1 N–H and O–H groups in total. The fourth-order valence-corrected chi connectivity index (χ4v) is 4.15. The number of aryl methyl sites for hydroxylation is 1. The quantitative estimate of drug-likeness (QED) is 0.195. The molecule has 0 unspecified atom stereocenters. The Kier molecular flexibility index (Phi) is 7.25. The number of anilines is 1. The second-order valence-electron chi connectivity index (χ2n) is 7.84. The zero-order valence-electron chi connectivity index (χ0n) is 19.5. The van der Waals surface area contributed by atoms with Gasteiger partial charge in [0.15, 0.2) is 10.9 Å². The first-order chi connectivity index (χ1) is 17.3. The fraction of sp³-hybridized carbons (Fsp3) is 0.154. The minimum atomic E-state index is -0.656. The number of hydrogen-bond acceptors (Lipinski definition) is 6. The Morgan fingerprint density at radius 3 is 2.61 bits per heavy atom. The maximum Gasteiger partial charge on any atom is 0.311 e. The van der Waals surface area contributed by atoms with Crippen molar-refractivity contribution in [2.75, 3.05) is 12.0 Å². The number of nitro groups is 1. The van der Waals surface area contributed by atoms with Gasteiger partial charge in [-0.2, -0.15) is 0 Å². The number of carbonyl (C=O) groups is 1. The third-order valence-electron chi connectivity index (χ3n) is 5.61. The number of nitro benzene ring substituents is 1. The smallest absolute Gasteiger partial charge is 0.311 e. The summed E-state index contributed by atoms with van der Waals surface area (Å²) in [5, 5.41) is 14.5. The van der Waals surface area contributed by atoms with Crippen molar-refractivity contribution in [2.45, 2.75) is 20.0 Å². The van der Waals surface area contributed by atoms with Gasteiger partial charge in [0.25, 0.3) is 5.91 Å². The molecule has 184 valence electrons. The number of amides is 1. The summed E-state index contributed by atoms with van der Waals surface area (Å²) >= 11 is 5.43. The van der Waals surface area contributed by atoms with Crippen LogP contribution in [0.3, 0.4) is 0 Å². The molecule has 3 aromatic rings. The van der Waals surface area contributed by atoms with E-state index in [0.29, 0.717) is 22.6 Å². The first-order valence-corrected chi connectivity index (χ1v) is 11.4. The summed E-state index contributed by atoms with van der Waals surface area (Å²) in [5.41, 5.74) is 2.86. The molecule has 0 aliphatic carbocycles. The Morgan fingerprint density at radius 1 is 1.11 bits per heavy atom. The molecule has 0 aromatic heterocycles. The number of rotatable bonds is 8. The van der Waals surface area contributed by atoms with Gasteiger partial charge in [0, 0.05) is 17.7 Å². The summed E-state index contributed by atoms with van der Waals surface area (Å²) in [6, 6.07) is 15.7. The lowest BCUT2D eigenvalue weighted by Crippen LogP contribution is -2.31. The van der Waals surface area contributed by atoms with Crippen LogP contribution < -0.4 is 19.7 Å². The molecule has 1 amide bonds. The number of nitrogens with zero attached hydrogens (tertiary/aromatic N) is 2. The van der Waals surface area contributed by atoms with Crippen molar-refractivity contribution < 1.29 is 23.6 Å². The van der Waals surface area contributed by atoms with E-state index in [0.717, 1.165) is 35.9 Å². The minimum Gasteiger partial charge on any atom is -0.496 e. The number of carbonyl (C=O) groups excluding carboxylic acids is 1. The van der Waals surface area contributed by atoms with Gasteiger partial charge in [-0.1, -0.05) is 31.2 Å². The standard InChI is InChI=1S/C26H22FN3O5S/c1-3-17-6-4-5-7-21(17)29-25(31)20(28-26(29)36)13-16-8-11-23(34-2)18(12-16)15-35-24-14-19(27)9-10-22(24)30(32)33/h4-14H,3,15H2,1-2H3,(H,28,36)/b20-13+. The number of halogens is 1. The SMILES string of the molecule is CCc1ccccc1N1C(=O)/C(=C\c2ccc(OC)c(COc3cc(F)ccc3[N+](=O)[O-])c2)NC1=S. The highest BCUT2D eigenvalue weighted by Crippen LogP contribution is 2.31. The van der Waals surface area contributed by atoms with E-state index in [2.05, 4.69) is 5.32 Å². The predicted molar refractivity (Wildman–Crippen MR) is 137 cm³/mol. The van der Waals surface area contributed by atoms with Crippen LogP contribution in [0.15, 0.2) is 66.4 Å². The normalized spacial score (nSPS) is 14.2. The van der Waals surface area contributed by atoms with Crippen molar-refractivity contribution in [1.29, 1.82) is 0 Å². The highest BCUT2D eigenvalue weighted by molar-refractivity contribution is 7.80. The minimum absolute atomic E-state index is 0.125. The highest BCUT2D eigenvalue weighted by Gasteiger charge is 2.33. The van der Waals surface area contributed by atoms with Gasteiger partial charge in [-0.3, -0.25) is 19.8 Å². The Morgan fingerprint density at radius 2 is 1.89 bits per heavy atom. The number of nitrogens with one attached hydrogen (secondary N) is 1. The monoisotopic (exact) mass is 507 g/mol. The van der Waals surface area contributed by atoms with Crippen LogP contribution in [-0.4, -0.2) is 23.1 Å². The number of thiocarbonyl (C=S) groups is 1. The van der Waals surface area contributed by atoms with Gasteiger partial charge in [-0.15, -0.1) is 0 Å². The molecule has 1 saturated heterocycles. The van der Waals surface area contributed by atoms with Crippen molar-refractivity contribution >= 4 is 40.7 Å². The predicted octanol–water partition coefficient (Wildman–Crippen LogP) is 5.15. The van der Waals surface area contributed by atoms with Gasteiger partial charge in [0.2, 0.25) is 0 Å². The van der Waals surface area contributed by atoms with Gasteiger partial charge in [0.05, 0.1) is 17.7 Å². The summed E-state index contributed by atoms with van der Waals surface area (Å²) in [4.78, 5) is 25.3. The molecule has 0 radical (unpaired) electrons. The van der Waals surface area contributed by atoms with Gasteiger partial charge in [-0.25, -0.2) is 4.39 Å². The first kappa shape index (κ1) is 24.8. The molecule has 1 aliphatic rings. The second-order valence-corrected chi connectivity index (χ2v) is 8.23. The fourth-order valence-electron chi connectivity index (χ4n) is 3.86. The van der Waals surface area contributed by atoms with Crippen LogP contribution in [0.4, 0.5) is 15.8 Å². The van der Waals surface area contributed by atoms with Crippen LogP contribution in [0.5, 0.6) is 11.5 Å². The van der Waals surface area contributed by atoms with Crippen LogP contribution >= 0.6 is 12.2 Å². The largest absolute Gasteiger partial charge is 0.496 e. The third-order valence-corrected chi connectivity index (χ3v) is 5.89. The van der Waals surface area contributed by atoms with Crippen LogP contribution in [-0.2, 0) is 17.8 Å². The lowest BCUT2D eigenvalue weighted by Gasteiger charge is -2.17. The van der Waals surface area contributed by atoms with E-state index in [-0.39, 0.29) is 29.1 Å². The molecule has 8 nitrogen and oxygen atoms in total. The lowest BCUT2D eigenvalue weighted by atomic mass is 10.1. The van der Waals surface area contributed by atoms with E-state index in [1.165, 1.54) is 12.0 Å². The molecular formula is C26H22FN3O5S. The summed E-state index contributed by atoms with van der Waals surface area (Å²) in [7, 11) is 1.48. The maximum absolute atomic E-state index is 13.7. The summed E-state index contributed by atoms with van der Waals surface area (Å²) < 4.78 is 24.6. The molecular weight excluding hydrogens is 485 g/mol. The van der Waals surface area contributed by atoms with Crippen molar-refractivity contribution in [3.63, 3.8) is 0 Å². The van der Waals surface area contributed by atoms with E-state index in [1.54, 1.807) is 24.3 Å². The van der Waals surface area contributed by atoms with Crippen LogP contribution in [0.2, 0.25) is 0 Å². The van der Waals surface area contributed by atoms with Gasteiger partial charge in [0.1, 0.15) is 23.9 Å². The summed E-state index contributed by atoms with van der Waals surface area (Å²) in [6.45, 7) is 1.88. The van der Waals surface area contributed by atoms with Crippen molar-refractivity contribution in [1.82, 2.24) is 5.32 Å². The van der Waals surface area contributed by atoms with E-state index < -0.39 is 10.7 Å². The number of benzene rings is 3. The van der Waals surface area contributed by atoms with E-state index in [9.17, 15) is 19.3 Å². The number of methoxy groups -OCH3 is 1. The van der Waals surface area contributed by atoms with Crippen LogP contribution in [0, 0.1) is 15.9 Å². The molecule has 0 bridgehead atoms. The zero-order valence-corrected chi connectivity index (χ0v) is 20.3. The molecule has 3 aromatic carbocycles. The Bertz CT molecular complexity index is 1390. The van der Waals surface area contributed by atoms with Gasteiger partial charge < -0.3 is 14.8 Å². The molecule has 0 saturated carbocycles. The average molecular weight is 508 g/mol. The second kappa shape index (κ2) is 10.5. The van der Waals surface area contributed by atoms with Crippen LogP contribution in [0.1, 0.15) is 23.6 Å². The maximum atomic E-state index is 13.7. The molecule has 0 spiro atoms. The average Bonchev–Trinajstić information content (AvgIpc) is 3.14. The number of para-hydroxylation sites is 1. The van der Waals surface area contributed by atoms with Crippen molar-refractivity contribution in [3.05, 3.63) is 99.0 Å². The Balaban J connectivity index is 1.61. The summed E-state index contributed by atoms with van der Waals surface area (Å²) in [5.74, 6) is -0.674. The molecule has 0 atom stereocenters. The molecule has 4 rings (SSSR count). The summed E-state index contributed by atoms with van der Waals surface area (Å²) in [6.07, 6.45) is 2.39. The van der Waals surface area contributed by atoms with E-state index in [4.69, 9.17) is 21.7 Å². The molecule has 1 aliphatic heterocycles. The zero-order chi connectivity index (χ0) is 25.8.